The predicted molar refractivity (Wildman–Crippen MR) is 69.8 cm³/mol. The third-order valence-corrected chi connectivity index (χ3v) is 4.15. The molecule has 0 bridgehead atoms. The molecule has 0 radical (unpaired) electrons. The first-order chi connectivity index (χ1) is 7.84. The SMILES string of the molecule is O=C(Cc1ccccc1)CC1CCSCC1. The summed E-state index contributed by atoms with van der Waals surface area (Å²) in [5, 5.41) is 0. The van der Waals surface area contributed by atoms with Gasteiger partial charge in [0.25, 0.3) is 0 Å². The number of carbonyl (C=O) groups is 1. The Balaban J connectivity index is 1.80. The van der Waals surface area contributed by atoms with Gasteiger partial charge in [0.2, 0.25) is 0 Å². The molecule has 0 amide bonds. The fourth-order valence-corrected chi connectivity index (χ4v) is 3.37. The van der Waals surface area contributed by atoms with Crippen LogP contribution in [0, 0.1) is 5.92 Å². The second-order valence-electron chi connectivity index (χ2n) is 4.46. The molecule has 2 heteroatoms. The Morgan fingerprint density at radius 1 is 1.19 bits per heavy atom. The number of rotatable bonds is 4. The van der Waals surface area contributed by atoms with Crippen LogP contribution in [0.1, 0.15) is 24.8 Å². The topological polar surface area (TPSA) is 17.1 Å². The van der Waals surface area contributed by atoms with Crippen molar-refractivity contribution >= 4 is 17.5 Å². The summed E-state index contributed by atoms with van der Waals surface area (Å²) in [4.78, 5) is 11.9. The number of ketones is 1. The second kappa shape index (κ2) is 6.09. The van der Waals surface area contributed by atoms with E-state index in [0.29, 0.717) is 18.1 Å². The lowest BCUT2D eigenvalue weighted by Crippen LogP contribution is -2.15. The van der Waals surface area contributed by atoms with E-state index in [-0.39, 0.29) is 0 Å². The van der Waals surface area contributed by atoms with Gasteiger partial charge in [0, 0.05) is 12.8 Å². The van der Waals surface area contributed by atoms with E-state index in [1.165, 1.54) is 24.3 Å². The van der Waals surface area contributed by atoms with E-state index in [4.69, 9.17) is 0 Å². The van der Waals surface area contributed by atoms with Crippen LogP contribution in [0.3, 0.4) is 0 Å². The van der Waals surface area contributed by atoms with Gasteiger partial charge in [0.15, 0.2) is 0 Å². The molecule has 1 aromatic rings. The highest BCUT2D eigenvalue weighted by atomic mass is 32.2. The van der Waals surface area contributed by atoms with Gasteiger partial charge in [-0.1, -0.05) is 30.3 Å². The zero-order valence-corrected chi connectivity index (χ0v) is 10.3. The Morgan fingerprint density at radius 3 is 2.56 bits per heavy atom. The van der Waals surface area contributed by atoms with Crippen LogP contribution in [0.2, 0.25) is 0 Å². The maximum Gasteiger partial charge on any atom is 0.137 e. The highest BCUT2D eigenvalue weighted by Crippen LogP contribution is 2.25. The smallest absolute Gasteiger partial charge is 0.137 e. The fourth-order valence-electron chi connectivity index (χ4n) is 2.17. The molecule has 1 saturated heterocycles. The summed E-state index contributed by atoms with van der Waals surface area (Å²) >= 11 is 2.02. The number of carbonyl (C=O) groups excluding carboxylic acids is 1. The molecule has 86 valence electrons. The summed E-state index contributed by atoms with van der Waals surface area (Å²) in [5.41, 5.74) is 1.15. The van der Waals surface area contributed by atoms with E-state index in [9.17, 15) is 4.79 Å². The molecule has 2 rings (SSSR count). The maximum atomic E-state index is 11.9. The number of hydrogen-bond acceptors (Lipinski definition) is 2. The van der Waals surface area contributed by atoms with Gasteiger partial charge in [-0.2, -0.15) is 11.8 Å². The van der Waals surface area contributed by atoms with Gasteiger partial charge in [0.05, 0.1) is 0 Å². The molecule has 0 unspecified atom stereocenters. The van der Waals surface area contributed by atoms with Crippen LogP contribution in [-0.4, -0.2) is 17.3 Å². The molecule has 1 heterocycles. The largest absolute Gasteiger partial charge is 0.299 e. The average Bonchev–Trinajstić information content (AvgIpc) is 2.31. The zero-order valence-electron chi connectivity index (χ0n) is 9.52. The molecule has 0 N–H and O–H groups in total. The monoisotopic (exact) mass is 234 g/mol. The van der Waals surface area contributed by atoms with Crippen LogP contribution in [0.25, 0.3) is 0 Å². The van der Waals surface area contributed by atoms with Crippen molar-refractivity contribution < 1.29 is 4.79 Å². The van der Waals surface area contributed by atoms with E-state index in [1.807, 2.05) is 42.1 Å². The van der Waals surface area contributed by atoms with Crippen molar-refractivity contribution in [1.82, 2.24) is 0 Å². The average molecular weight is 234 g/mol. The molecule has 0 atom stereocenters. The van der Waals surface area contributed by atoms with Gasteiger partial charge < -0.3 is 0 Å². The second-order valence-corrected chi connectivity index (χ2v) is 5.69. The summed E-state index contributed by atoms with van der Waals surface area (Å²) in [6, 6.07) is 10.1. The number of thioether (sulfide) groups is 1. The molecule has 0 aromatic heterocycles. The number of Topliss-reactive ketones (excluding diaryl/α,β-unsaturated/α-hetero) is 1. The van der Waals surface area contributed by atoms with Gasteiger partial charge in [0.1, 0.15) is 5.78 Å². The summed E-state index contributed by atoms with van der Waals surface area (Å²) < 4.78 is 0. The highest BCUT2D eigenvalue weighted by molar-refractivity contribution is 7.99. The van der Waals surface area contributed by atoms with Crippen molar-refractivity contribution in [2.75, 3.05) is 11.5 Å². The van der Waals surface area contributed by atoms with Crippen molar-refractivity contribution in [3.8, 4) is 0 Å². The summed E-state index contributed by atoms with van der Waals surface area (Å²) in [5.74, 6) is 3.53. The predicted octanol–water partition coefficient (Wildman–Crippen LogP) is 3.33. The van der Waals surface area contributed by atoms with Gasteiger partial charge in [-0.25, -0.2) is 0 Å². The molecular formula is C14H18OS. The van der Waals surface area contributed by atoms with Crippen molar-refractivity contribution in [2.45, 2.75) is 25.7 Å². The Kier molecular flexibility index (Phi) is 4.46. The quantitative estimate of drug-likeness (QED) is 0.795. The lowest BCUT2D eigenvalue weighted by Gasteiger charge is -2.20. The first kappa shape index (κ1) is 11.7. The summed E-state index contributed by atoms with van der Waals surface area (Å²) in [6.07, 6.45) is 3.86. The van der Waals surface area contributed by atoms with Crippen LogP contribution in [0.5, 0.6) is 0 Å². The van der Waals surface area contributed by atoms with Crippen LogP contribution >= 0.6 is 11.8 Å². The van der Waals surface area contributed by atoms with Crippen LogP contribution in [0.15, 0.2) is 30.3 Å². The standard InChI is InChI=1S/C14H18OS/c15-14(10-12-4-2-1-3-5-12)11-13-6-8-16-9-7-13/h1-5,13H,6-11H2. The van der Waals surface area contributed by atoms with E-state index < -0.39 is 0 Å². The van der Waals surface area contributed by atoms with Gasteiger partial charge >= 0.3 is 0 Å². The number of hydrogen-bond donors (Lipinski definition) is 0. The van der Waals surface area contributed by atoms with E-state index in [2.05, 4.69) is 0 Å². The lowest BCUT2D eigenvalue weighted by atomic mass is 9.94. The van der Waals surface area contributed by atoms with Crippen LogP contribution in [0.4, 0.5) is 0 Å². The van der Waals surface area contributed by atoms with Gasteiger partial charge in [-0.3, -0.25) is 4.79 Å². The minimum Gasteiger partial charge on any atom is -0.299 e. The van der Waals surface area contributed by atoms with E-state index >= 15 is 0 Å². The lowest BCUT2D eigenvalue weighted by molar-refractivity contribution is -0.119. The Labute approximate surface area is 102 Å². The van der Waals surface area contributed by atoms with Crippen molar-refractivity contribution in [3.05, 3.63) is 35.9 Å². The van der Waals surface area contributed by atoms with E-state index in [0.717, 1.165) is 12.0 Å². The third kappa shape index (κ3) is 3.67. The Morgan fingerprint density at radius 2 is 1.88 bits per heavy atom. The molecule has 1 aliphatic rings. The third-order valence-electron chi connectivity index (χ3n) is 3.10. The highest BCUT2D eigenvalue weighted by Gasteiger charge is 2.17. The van der Waals surface area contributed by atoms with Crippen LogP contribution in [-0.2, 0) is 11.2 Å². The molecule has 0 saturated carbocycles. The summed E-state index contributed by atoms with van der Waals surface area (Å²) in [7, 11) is 0. The first-order valence-corrected chi connectivity index (χ1v) is 7.13. The van der Waals surface area contributed by atoms with Crippen molar-refractivity contribution in [1.29, 1.82) is 0 Å². The molecule has 0 spiro atoms. The molecule has 0 aliphatic carbocycles. The maximum absolute atomic E-state index is 11.9. The first-order valence-electron chi connectivity index (χ1n) is 5.98. The molecule has 1 aromatic carbocycles. The zero-order chi connectivity index (χ0) is 11.2. The number of benzene rings is 1. The van der Waals surface area contributed by atoms with Gasteiger partial charge in [-0.05, 0) is 35.8 Å². The van der Waals surface area contributed by atoms with Crippen LogP contribution < -0.4 is 0 Å². The molecule has 1 fully saturated rings. The minimum absolute atomic E-state index is 0.406. The molecule has 16 heavy (non-hydrogen) atoms. The van der Waals surface area contributed by atoms with Crippen molar-refractivity contribution in [2.24, 2.45) is 5.92 Å². The molecule has 1 nitrogen and oxygen atoms in total. The van der Waals surface area contributed by atoms with E-state index in [1.54, 1.807) is 0 Å². The van der Waals surface area contributed by atoms with Crippen molar-refractivity contribution in [3.63, 3.8) is 0 Å². The molecule has 1 aliphatic heterocycles. The normalized spacial score (nSPS) is 17.2. The summed E-state index contributed by atoms with van der Waals surface area (Å²) in [6.45, 7) is 0. The molecular weight excluding hydrogens is 216 g/mol. The fraction of sp³-hybridized carbons (Fsp3) is 0.500. The Hall–Kier alpha value is -0.760. The minimum atomic E-state index is 0.406. The Bertz CT molecular complexity index is 328. The van der Waals surface area contributed by atoms with Gasteiger partial charge in [-0.15, -0.1) is 0 Å².